The molecule has 0 unspecified atom stereocenters. The average molecular weight is 439 g/mol. The second-order valence-electron chi connectivity index (χ2n) is 7.00. The highest BCUT2D eigenvalue weighted by Crippen LogP contribution is 2.29. The largest absolute Gasteiger partial charge is 0.507 e. The number of nitrogens with zero attached hydrogens (tertiary/aromatic N) is 1. The van der Waals surface area contributed by atoms with Gasteiger partial charge in [-0.3, -0.25) is 9.59 Å². The van der Waals surface area contributed by atoms with Crippen molar-refractivity contribution in [3.8, 4) is 16.2 Å². The summed E-state index contributed by atoms with van der Waals surface area (Å²) in [7, 11) is 1.83. The molecule has 0 saturated carbocycles. The number of aldehydes is 1. The summed E-state index contributed by atoms with van der Waals surface area (Å²) in [6, 6.07) is 15.1. The summed E-state index contributed by atoms with van der Waals surface area (Å²) < 4.78 is 5.24. The van der Waals surface area contributed by atoms with Gasteiger partial charge in [0.15, 0.2) is 12.1 Å². The van der Waals surface area contributed by atoms with E-state index in [9.17, 15) is 14.7 Å². The number of phenolic OH excluding ortho intramolecular Hbond substituents is 1. The molecular weight excluding hydrogens is 412 g/mol. The Morgan fingerprint density at radius 2 is 1.94 bits per heavy atom. The number of morpholine rings is 1. The predicted octanol–water partition coefficient (Wildman–Crippen LogP) is 4.70. The molecule has 0 amide bonds. The summed E-state index contributed by atoms with van der Waals surface area (Å²) in [6.45, 7) is 4.64. The van der Waals surface area contributed by atoms with E-state index in [2.05, 4.69) is 16.3 Å². The smallest absolute Gasteiger partial charge is 0.161 e. The maximum atomic E-state index is 11.4. The Balaban J connectivity index is 0.000000176. The zero-order chi connectivity index (χ0) is 22.2. The first-order valence-electron chi connectivity index (χ1n) is 10.0. The van der Waals surface area contributed by atoms with Crippen molar-refractivity contribution in [2.75, 3.05) is 43.6 Å². The zero-order valence-corrected chi connectivity index (χ0v) is 18.4. The third-order valence-electron chi connectivity index (χ3n) is 4.99. The number of aromatic hydroxyl groups is 1. The molecule has 2 N–H and O–H groups in total. The fraction of sp³-hybridized carbons (Fsp3) is 0.250. The molecule has 1 fully saturated rings. The molecule has 7 heteroatoms. The van der Waals surface area contributed by atoms with Crippen molar-refractivity contribution in [1.82, 2.24) is 0 Å². The van der Waals surface area contributed by atoms with Gasteiger partial charge in [0.25, 0.3) is 0 Å². The van der Waals surface area contributed by atoms with Crippen molar-refractivity contribution in [1.29, 1.82) is 0 Å². The summed E-state index contributed by atoms with van der Waals surface area (Å²) in [5.74, 6) is 0.115. The zero-order valence-electron chi connectivity index (χ0n) is 17.6. The molecule has 1 aromatic heterocycles. The molecule has 3 aromatic rings. The van der Waals surface area contributed by atoms with Crippen molar-refractivity contribution in [2.24, 2.45) is 0 Å². The Morgan fingerprint density at radius 1 is 1.16 bits per heavy atom. The number of carbonyl (C=O) groups excluding carboxylic acids is 2. The minimum absolute atomic E-state index is 0.0296. The number of benzene rings is 2. The van der Waals surface area contributed by atoms with Gasteiger partial charge in [-0.1, -0.05) is 12.1 Å². The molecule has 1 aliphatic rings. The number of anilines is 2. The van der Waals surface area contributed by atoms with Gasteiger partial charge in [0.1, 0.15) is 5.75 Å². The molecule has 0 atom stereocenters. The summed E-state index contributed by atoms with van der Waals surface area (Å²) in [5, 5.41) is 14.5. The number of ketones is 1. The summed E-state index contributed by atoms with van der Waals surface area (Å²) in [5.41, 5.74) is 4.06. The third-order valence-corrected chi connectivity index (χ3v) is 5.91. The van der Waals surface area contributed by atoms with Crippen molar-refractivity contribution in [2.45, 2.75) is 6.92 Å². The molecule has 162 valence electrons. The number of hydrogen-bond acceptors (Lipinski definition) is 7. The van der Waals surface area contributed by atoms with Crippen molar-refractivity contribution >= 4 is 34.8 Å². The van der Waals surface area contributed by atoms with Crippen LogP contribution in [0.2, 0.25) is 0 Å². The molecule has 0 radical (unpaired) electrons. The molecule has 0 bridgehead atoms. The molecule has 4 rings (SSSR count). The summed E-state index contributed by atoms with van der Waals surface area (Å²) in [6.07, 6.45) is 0.666. The second-order valence-corrected chi connectivity index (χ2v) is 7.95. The van der Waals surface area contributed by atoms with E-state index in [0.717, 1.165) is 35.6 Å². The van der Waals surface area contributed by atoms with Gasteiger partial charge in [-0.25, -0.2) is 0 Å². The SMILES string of the molecule is CNc1cc(-c2cccs2)ccc1C(C)=O.O=Cc1cc(N2CCOCC2)ccc1O. The quantitative estimate of drug-likeness (QED) is 0.444. The summed E-state index contributed by atoms with van der Waals surface area (Å²) >= 11 is 1.70. The maximum Gasteiger partial charge on any atom is 0.161 e. The first-order valence-corrected chi connectivity index (χ1v) is 10.9. The van der Waals surface area contributed by atoms with Gasteiger partial charge in [-0.15, -0.1) is 11.3 Å². The van der Waals surface area contributed by atoms with Crippen LogP contribution >= 0.6 is 11.3 Å². The Morgan fingerprint density at radius 3 is 2.55 bits per heavy atom. The lowest BCUT2D eigenvalue weighted by Crippen LogP contribution is -2.36. The standard InChI is InChI=1S/C13H13NOS.C11H13NO3/c1-9(15)11-6-5-10(8-12(11)14-2)13-4-3-7-16-13;13-8-9-7-10(1-2-11(9)14)12-3-5-15-6-4-12/h3-8,14H,1-2H3;1-2,7-8,14H,3-6H2. The highest BCUT2D eigenvalue weighted by Gasteiger charge is 2.12. The van der Waals surface area contributed by atoms with E-state index in [0.29, 0.717) is 25.1 Å². The van der Waals surface area contributed by atoms with E-state index in [1.807, 2.05) is 42.8 Å². The van der Waals surface area contributed by atoms with E-state index in [4.69, 9.17) is 4.74 Å². The van der Waals surface area contributed by atoms with E-state index in [1.165, 1.54) is 4.88 Å². The fourth-order valence-electron chi connectivity index (χ4n) is 3.31. The first-order chi connectivity index (χ1) is 15.0. The lowest BCUT2D eigenvalue weighted by atomic mass is 10.1. The lowest BCUT2D eigenvalue weighted by molar-refractivity contribution is 0.101. The minimum Gasteiger partial charge on any atom is -0.507 e. The molecule has 31 heavy (non-hydrogen) atoms. The molecule has 6 nitrogen and oxygen atoms in total. The molecule has 1 aliphatic heterocycles. The van der Waals surface area contributed by atoms with Gasteiger partial charge in [-0.05, 0) is 54.3 Å². The third kappa shape index (κ3) is 5.71. The van der Waals surface area contributed by atoms with Gasteiger partial charge in [0.05, 0.1) is 18.8 Å². The van der Waals surface area contributed by atoms with E-state index in [1.54, 1.807) is 30.4 Å². The van der Waals surface area contributed by atoms with E-state index in [-0.39, 0.29) is 11.5 Å². The lowest BCUT2D eigenvalue weighted by Gasteiger charge is -2.29. The van der Waals surface area contributed by atoms with Gasteiger partial charge >= 0.3 is 0 Å². The number of carbonyl (C=O) groups is 2. The van der Waals surface area contributed by atoms with Crippen LogP contribution in [-0.4, -0.2) is 50.5 Å². The van der Waals surface area contributed by atoms with Crippen LogP contribution in [0.15, 0.2) is 53.9 Å². The minimum atomic E-state index is 0.0296. The Bertz CT molecular complexity index is 1030. The average Bonchev–Trinajstić information content (AvgIpc) is 3.35. The number of nitrogens with one attached hydrogen (secondary N) is 1. The molecule has 1 saturated heterocycles. The van der Waals surface area contributed by atoms with Crippen LogP contribution in [0.1, 0.15) is 27.6 Å². The van der Waals surface area contributed by atoms with Crippen LogP contribution in [0, 0.1) is 0 Å². The topological polar surface area (TPSA) is 78.9 Å². The van der Waals surface area contributed by atoms with Crippen LogP contribution in [-0.2, 0) is 4.74 Å². The van der Waals surface area contributed by atoms with Gasteiger partial charge < -0.3 is 20.1 Å². The fourth-order valence-corrected chi connectivity index (χ4v) is 4.03. The maximum absolute atomic E-state index is 11.4. The Kier molecular flexibility index (Phi) is 7.81. The monoisotopic (exact) mass is 438 g/mol. The molecule has 0 spiro atoms. The van der Waals surface area contributed by atoms with Crippen molar-refractivity contribution in [3.63, 3.8) is 0 Å². The van der Waals surface area contributed by atoms with E-state index < -0.39 is 0 Å². The van der Waals surface area contributed by atoms with Gasteiger partial charge in [0, 0.05) is 42.0 Å². The van der Waals surface area contributed by atoms with Gasteiger partial charge in [0.2, 0.25) is 0 Å². The van der Waals surface area contributed by atoms with Crippen LogP contribution in [0.25, 0.3) is 10.4 Å². The first kappa shape index (κ1) is 22.5. The highest BCUT2D eigenvalue weighted by molar-refractivity contribution is 7.13. The number of Topliss-reactive ketones (excluding diaryl/α,β-unsaturated/α-hetero) is 1. The summed E-state index contributed by atoms with van der Waals surface area (Å²) in [4.78, 5) is 25.4. The molecular formula is C24H26N2O4S. The second kappa shape index (κ2) is 10.7. The number of rotatable bonds is 5. The Labute approximate surface area is 186 Å². The number of thiophene rings is 1. The Hall–Kier alpha value is -3.16. The van der Waals surface area contributed by atoms with Crippen LogP contribution in [0.3, 0.4) is 0 Å². The molecule has 0 aliphatic carbocycles. The number of ether oxygens (including phenoxy) is 1. The number of phenols is 1. The molecule has 2 aromatic carbocycles. The highest BCUT2D eigenvalue weighted by atomic mass is 32.1. The number of hydrogen-bond donors (Lipinski definition) is 2. The predicted molar refractivity (Wildman–Crippen MR) is 126 cm³/mol. The molecule has 2 heterocycles. The van der Waals surface area contributed by atoms with Crippen molar-refractivity contribution < 1.29 is 19.4 Å². The van der Waals surface area contributed by atoms with Crippen LogP contribution in [0.5, 0.6) is 5.75 Å². The normalized spacial score (nSPS) is 13.2. The van der Waals surface area contributed by atoms with Crippen LogP contribution < -0.4 is 10.2 Å². The van der Waals surface area contributed by atoms with Crippen molar-refractivity contribution in [3.05, 3.63) is 65.0 Å². The van der Waals surface area contributed by atoms with Gasteiger partial charge in [-0.2, -0.15) is 0 Å². The van der Waals surface area contributed by atoms with Crippen LogP contribution in [0.4, 0.5) is 11.4 Å². The van der Waals surface area contributed by atoms with E-state index >= 15 is 0 Å².